The molecular formula is C46H96BrP. The smallest absolute Gasteiger partial charge is 0.0654 e. The minimum atomic E-state index is -1.77. The van der Waals surface area contributed by atoms with E-state index in [1.807, 2.05) is 0 Å². The van der Waals surface area contributed by atoms with Crippen molar-refractivity contribution in [3.63, 3.8) is 0 Å². The Kier molecular flexibility index (Phi) is 38.4. The predicted molar refractivity (Wildman–Crippen MR) is 233 cm³/mol. The average Bonchev–Trinajstić information content (AvgIpc) is 3.08. The van der Waals surface area contributed by atoms with Crippen molar-refractivity contribution >= 4 is 20.8 Å². The Morgan fingerprint density at radius 2 is 0.333 bits per heavy atom. The van der Waals surface area contributed by atoms with E-state index < -0.39 is 5.31 Å². The van der Waals surface area contributed by atoms with Crippen LogP contribution in [0.5, 0.6) is 0 Å². The van der Waals surface area contributed by atoms with Crippen molar-refractivity contribution in [3.05, 3.63) is 0 Å². The molecular weight excluding hydrogens is 663 g/mol. The van der Waals surface area contributed by atoms with Crippen LogP contribution in [0.3, 0.4) is 0 Å². The zero-order chi connectivity index (χ0) is 35.1. The molecule has 0 spiro atoms. The molecule has 0 saturated heterocycles. The summed E-state index contributed by atoms with van der Waals surface area (Å²) in [6.45, 7) is 9.42. The summed E-state index contributed by atoms with van der Waals surface area (Å²) in [7, 11) is 0. The van der Waals surface area contributed by atoms with Gasteiger partial charge < -0.3 is 0 Å². The van der Waals surface area contributed by atoms with Crippen LogP contribution in [0.15, 0.2) is 0 Å². The van der Waals surface area contributed by atoms with Crippen LogP contribution in [0, 0.1) is 0 Å². The number of rotatable bonds is 42. The van der Waals surface area contributed by atoms with Crippen LogP contribution in [0.1, 0.15) is 272 Å². The van der Waals surface area contributed by atoms with E-state index in [0.29, 0.717) is 0 Å². The summed E-state index contributed by atoms with van der Waals surface area (Å²) in [5.41, 5.74) is 0. The molecule has 0 aliphatic carbocycles. The first-order valence-electron chi connectivity index (χ1n) is 23.3. The summed E-state index contributed by atoms with van der Waals surface area (Å²) >= 11 is 4.77. The molecule has 2 heteroatoms. The number of halogens is 1. The Hall–Kier alpha value is 0.910. The van der Waals surface area contributed by atoms with E-state index in [2.05, 4.69) is 27.7 Å². The van der Waals surface area contributed by atoms with Crippen LogP contribution in [0.2, 0.25) is 0 Å². The molecule has 0 nitrogen and oxygen atoms in total. The van der Waals surface area contributed by atoms with Crippen LogP contribution < -0.4 is 0 Å². The quantitative estimate of drug-likeness (QED) is 0.0429. The van der Waals surface area contributed by atoms with Gasteiger partial charge in [-0.3, -0.25) is 0 Å². The monoisotopic (exact) mass is 759 g/mol. The standard InChI is InChI=1S/C46H96BrP/c1-5-9-13-15-17-19-21-23-25-27-29-31-33-35-37-41-45-48(47,43-39-11-7-3,44-40-12-8-4)46-42-38-36-34-32-30-28-26-24-22-20-18-16-14-10-6-2/h5-46H2,1-4H3. The summed E-state index contributed by atoms with van der Waals surface area (Å²) in [5, 5.41) is -1.77. The van der Waals surface area contributed by atoms with E-state index in [1.54, 1.807) is 24.6 Å². The molecule has 0 heterocycles. The Morgan fingerprint density at radius 1 is 0.208 bits per heavy atom. The number of hydrogen-bond donors (Lipinski definition) is 0. The third kappa shape index (κ3) is 32.8. The molecule has 292 valence electrons. The molecule has 0 atom stereocenters. The third-order valence-electron chi connectivity index (χ3n) is 11.8. The fourth-order valence-electron chi connectivity index (χ4n) is 8.29. The first kappa shape index (κ1) is 48.9. The molecule has 0 rings (SSSR count). The van der Waals surface area contributed by atoms with Gasteiger partial charge in [0.25, 0.3) is 0 Å². The van der Waals surface area contributed by atoms with Crippen LogP contribution in [-0.2, 0) is 0 Å². The summed E-state index contributed by atoms with van der Waals surface area (Å²) in [6.07, 6.45) is 62.0. The Bertz CT molecular complexity index is 553. The maximum atomic E-state index is 4.77. The zero-order valence-corrected chi connectivity index (χ0v) is 37.0. The molecule has 0 unspecified atom stereocenters. The summed E-state index contributed by atoms with van der Waals surface area (Å²) < 4.78 is 0. The first-order chi connectivity index (χ1) is 23.5. The van der Waals surface area contributed by atoms with Gasteiger partial charge in [0.15, 0.2) is 0 Å². The minimum Gasteiger partial charge on any atom is -0.0654 e. The molecule has 0 aromatic rings. The van der Waals surface area contributed by atoms with Gasteiger partial charge in [0, 0.05) is 0 Å². The molecule has 0 fully saturated rings. The molecule has 0 aliphatic rings. The van der Waals surface area contributed by atoms with Gasteiger partial charge in [0.05, 0.1) is 0 Å². The number of hydrogen-bond acceptors (Lipinski definition) is 0. The molecule has 0 N–H and O–H groups in total. The van der Waals surface area contributed by atoms with E-state index in [9.17, 15) is 0 Å². The Labute approximate surface area is 315 Å². The second kappa shape index (κ2) is 37.7. The van der Waals surface area contributed by atoms with Gasteiger partial charge in [0.1, 0.15) is 0 Å². The van der Waals surface area contributed by atoms with E-state index in [-0.39, 0.29) is 0 Å². The zero-order valence-electron chi connectivity index (χ0n) is 34.5. The average molecular weight is 760 g/mol. The second-order valence-corrected chi connectivity index (χ2v) is 28.2. The summed E-state index contributed by atoms with van der Waals surface area (Å²) in [4.78, 5) is 0. The molecule has 0 aromatic carbocycles. The fourth-order valence-corrected chi connectivity index (χ4v) is 16.7. The van der Waals surface area contributed by atoms with Gasteiger partial charge >= 0.3 is 239 Å². The summed E-state index contributed by atoms with van der Waals surface area (Å²) in [5.74, 6) is 0. The third-order valence-corrected chi connectivity index (χ3v) is 21.8. The van der Waals surface area contributed by atoms with Crippen molar-refractivity contribution in [3.8, 4) is 0 Å². The fraction of sp³-hybridized carbons (Fsp3) is 1.00. The van der Waals surface area contributed by atoms with Gasteiger partial charge in [-0.05, 0) is 0 Å². The minimum absolute atomic E-state index is 1.37. The Balaban J connectivity index is 4.25. The van der Waals surface area contributed by atoms with Crippen molar-refractivity contribution in [2.24, 2.45) is 0 Å². The molecule has 0 saturated carbocycles. The second-order valence-electron chi connectivity index (χ2n) is 16.7. The van der Waals surface area contributed by atoms with Crippen molar-refractivity contribution in [2.75, 3.05) is 24.6 Å². The maximum absolute atomic E-state index is 4.77. The first-order valence-corrected chi connectivity index (χ1v) is 28.3. The topological polar surface area (TPSA) is 0 Å². The molecule has 0 bridgehead atoms. The van der Waals surface area contributed by atoms with Gasteiger partial charge in [0.2, 0.25) is 0 Å². The van der Waals surface area contributed by atoms with Crippen LogP contribution in [0.4, 0.5) is 0 Å². The normalized spacial score (nSPS) is 12.9. The van der Waals surface area contributed by atoms with E-state index in [4.69, 9.17) is 15.5 Å². The van der Waals surface area contributed by atoms with Crippen molar-refractivity contribution < 1.29 is 0 Å². The van der Waals surface area contributed by atoms with Gasteiger partial charge in [-0.2, -0.15) is 0 Å². The van der Waals surface area contributed by atoms with Gasteiger partial charge in [-0.1, -0.05) is 78.1 Å². The summed E-state index contributed by atoms with van der Waals surface area (Å²) in [6, 6.07) is 0. The van der Waals surface area contributed by atoms with E-state index in [1.165, 1.54) is 244 Å². The van der Waals surface area contributed by atoms with Gasteiger partial charge in [-0.25, -0.2) is 0 Å². The van der Waals surface area contributed by atoms with E-state index in [0.717, 1.165) is 0 Å². The van der Waals surface area contributed by atoms with Crippen LogP contribution in [-0.4, -0.2) is 24.6 Å². The molecule has 48 heavy (non-hydrogen) atoms. The van der Waals surface area contributed by atoms with Crippen molar-refractivity contribution in [1.29, 1.82) is 0 Å². The van der Waals surface area contributed by atoms with Crippen molar-refractivity contribution in [2.45, 2.75) is 272 Å². The van der Waals surface area contributed by atoms with Crippen LogP contribution >= 0.6 is 20.8 Å². The van der Waals surface area contributed by atoms with Crippen molar-refractivity contribution in [1.82, 2.24) is 0 Å². The SMILES string of the molecule is CCCCCCCCCCCCCCCCCCP(Br)(CCCCC)(CCCCC)CCCCCCCCCCCCCCCCCC. The predicted octanol–water partition coefficient (Wildman–Crippen LogP) is 18.8. The van der Waals surface area contributed by atoms with Crippen LogP contribution in [0.25, 0.3) is 0 Å². The molecule has 0 radical (unpaired) electrons. The molecule has 0 amide bonds. The Morgan fingerprint density at radius 3 is 0.521 bits per heavy atom. The molecule has 0 aromatic heterocycles. The van der Waals surface area contributed by atoms with E-state index >= 15 is 0 Å². The number of unbranched alkanes of at least 4 members (excludes halogenated alkanes) is 34. The van der Waals surface area contributed by atoms with Gasteiger partial charge in [-0.15, -0.1) is 0 Å². The molecule has 0 aliphatic heterocycles.